The molecule has 698 valence electrons. The van der Waals surface area contributed by atoms with Crippen LogP contribution in [0, 0.1) is 0 Å². The van der Waals surface area contributed by atoms with Gasteiger partial charge in [0, 0.05) is 87.4 Å². The van der Waals surface area contributed by atoms with E-state index in [1.807, 2.05) is 42.5 Å². The van der Waals surface area contributed by atoms with Gasteiger partial charge in [-0.2, -0.15) is 19.9 Å². The van der Waals surface area contributed by atoms with Crippen molar-refractivity contribution in [3.63, 3.8) is 0 Å². The third kappa shape index (κ3) is 14.2. The Morgan fingerprint density at radius 1 is 0.156 bits per heavy atom. The molecule has 0 saturated carbocycles. The van der Waals surface area contributed by atoms with Gasteiger partial charge >= 0.3 is 0 Å². The number of rotatable bonds is 12. The topological polar surface area (TPSA) is 118 Å². The van der Waals surface area contributed by atoms with Crippen molar-refractivity contribution < 1.29 is 0 Å². The van der Waals surface area contributed by atoms with E-state index in [0.717, 1.165) is 111 Å². The van der Waals surface area contributed by atoms with Crippen LogP contribution in [0.25, 0.3) is 229 Å². The van der Waals surface area contributed by atoms with E-state index in [1.165, 1.54) is 121 Å². The summed E-state index contributed by atoms with van der Waals surface area (Å²) >= 11 is 0. The molecular formula is C136H99N11. The Balaban J connectivity index is 0.000000109. The van der Waals surface area contributed by atoms with Crippen LogP contribution in [0.1, 0.15) is 99.9 Å². The molecule has 0 bridgehead atoms. The molecule has 0 aliphatic heterocycles. The highest BCUT2D eigenvalue weighted by atomic mass is 15.2. The molecule has 29 rings (SSSR count). The number of fused-ring (bicyclic) bond motifs is 24. The standard InChI is InChI=1S/C48H34N4.C46H35N3.C42H30N4/c1-48(2)40-24-14-12-22-37(40)38-26-27-42-43(44(38)48)39-23-13-15-25-41(39)52(42)47-50-45(33-20-10-5-11-21-33)49-46(51-47)36-29-34(31-16-6-3-7-17-31)28-35(30-36)32-18-8-4-9-19-32;1-45(2)35-19-11-8-16-30(35)32-23-22-29(26-37(32)45)39-27-38(28-14-6-5-7-15-28)47-44(48-39)49-40-21-13-10-18-34(40)42-41(49)25-24-33-31-17-9-12-20-36(31)46(3,4)43(33)42;1-42(2)34-22-11-9-20-31(34)32-24-25-36-37(38(32)42)33-21-10-12-23-35(33)46(36)41-44-39(28-16-7-4-8-17-28)43-40(45-41)30-19-13-18-29(26-30)27-14-5-3-6-15-27/h3-30H,1-2H3;5-27H,1-4H3;3-26H,1-2H3. The zero-order valence-electron chi connectivity index (χ0n) is 82.7. The van der Waals surface area contributed by atoms with Gasteiger partial charge in [0.25, 0.3) is 0 Å². The van der Waals surface area contributed by atoms with Gasteiger partial charge in [-0.15, -0.1) is 0 Å². The average Bonchev–Trinajstić information content (AvgIpc) is 1.54. The number of benzene rings is 19. The van der Waals surface area contributed by atoms with E-state index in [4.69, 9.17) is 39.9 Å². The SMILES string of the molecule is CC1(C)c2ccccc2-c2ccc(-c3cc(-c4ccccc4)nc(-n4c5ccccc5c5c6c(ccc54)-c4ccccc4C6(C)C)n3)cc21.CC1(C)c2ccccc2-c2ccc3c(c21)c1ccccc1n3-c1nc(-c2ccccc2)nc(-c2cc(-c3ccccc3)cc(-c3ccccc3)c2)n1.CC1(C)c2ccccc2-c2ccc3c(c21)c1ccccc1n3-c1nc(-c2ccccc2)nc(-c2cccc(-c3ccccc3)c2)n1. The molecule has 4 aliphatic rings. The fourth-order valence-electron chi connectivity index (χ4n) is 24.4. The van der Waals surface area contributed by atoms with Gasteiger partial charge in [-0.3, -0.25) is 13.7 Å². The molecule has 0 saturated heterocycles. The van der Waals surface area contributed by atoms with Gasteiger partial charge in [0.1, 0.15) is 0 Å². The summed E-state index contributed by atoms with van der Waals surface area (Å²) in [6.07, 6.45) is 0. The zero-order chi connectivity index (χ0) is 98.7. The summed E-state index contributed by atoms with van der Waals surface area (Å²) in [5.74, 6) is 4.42. The molecule has 0 fully saturated rings. The Hall–Kier alpha value is -18.3. The van der Waals surface area contributed by atoms with E-state index in [1.54, 1.807) is 0 Å². The van der Waals surface area contributed by atoms with E-state index in [-0.39, 0.29) is 21.7 Å². The normalized spacial score (nSPS) is 13.7. The number of nitrogens with zero attached hydrogens (tertiary/aromatic N) is 11. The van der Waals surface area contributed by atoms with E-state index in [0.29, 0.717) is 41.1 Å². The summed E-state index contributed by atoms with van der Waals surface area (Å²) in [6.45, 7) is 18.8. The molecule has 0 spiro atoms. The van der Waals surface area contributed by atoms with Gasteiger partial charge in [0.2, 0.25) is 17.8 Å². The quantitative estimate of drug-likeness (QED) is 0.119. The van der Waals surface area contributed by atoms with Crippen molar-refractivity contribution in [1.29, 1.82) is 0 Å². The van der Waals surface area contributed by atoms with Crippen LogP contribution in [-0.2, 0) is 21.7 Å². The lowest BCUT2D eigenvalue weighted by Crippen LogP contribution is -2.15. The highest BCUT2D eigenvalue weighted by molar-refractivity contribution is 6.17. The fourth-order valence-corrected chi connectivity index (χ4v) is 24.4. The summed E-state index contributed by atoms with van der Waals surface area (Å²) in [5.41, 5.74) is 41.9. The van der Waals surface area contributed by atoms with Crippen LogP contribution in [0.15, 0.2) is 455 Å². The molecule has 19 aromatic carbocycles. The van der Waals surface area contributed by atoms with E-state index in [2.05, 4.69) is 482 Å². The van der Waals surface area contributed by atoms with Crippen LogP contribution >= 0.6 is 0 Å². The monoisotopic (exact) mass is 1890 g/mol. The highest BCUT2D eigenvalue weighted by Gasteiger charge is 2.43. The molecule has 0 amide bonds. The first-order chi connectivity index (χ1) is 71.9. The zero-order valence-corrected chi connectivity index (χ0v) is 82.7. The van der Waals surface area contributed by atoms with Crippen molar-refractivity contribution in [2.45, 2.75) is 77.0 Å². The van der Waals surface area contributed by atoms with Gasteiger partial charge in [-0.25, -0.2) is 19.9 Å². The second kappa shape index (κ2) is 34.2. The van der Waals surface area contributed by atoms with E-state index in [9.17, 15) is 0 Å². The van der Waals surface area contributed by atoms with Crippen molar-refractivity contribution in [3.05, 3.63) is 499 Å². The Labute approximate surface area is 853 Å². The maximum atomic E-state index is 5.42. The first kappa shape index (κ1) is 87.7. The number of para-hydroxylation sites is 3. The predicted molar refractivity (Wildman–Crippen MR) is 604 cm³/mol. The van der Waals surface area contributed by atoms with Gasteiger partial charge in [0.15, 0.2) is 23.3 Å². The molecular weight excluding hydrogens is 1790 g/mol. The van der Waals surface area contributed by atoms with Crippen LogP contribution in [0.4, 0.5) is 0 Å². The van der Waals surface area contributed by atoms with E-state index < -0.39 is 0 Å². The lowest BCUT2D eigenvalue weighted by Gasteiger charge is -2.22. The van der Waals surface area contributed by atoms with Gasteiger partial charge in [0.05, 0.1) is 44.5 Å². The Morgan fingerprint density at radius 3 is 0.830 bits per heavy atom. The minimum atomic E-state index is -0.175. The van der Waals surface area contributed by atoms with Crippen molar-refractivity contribution in [2.75, 3.05) is 0 Å². The van der Waals surface area contributed by atoms with Crippen LogP contribution in [0.3, 0.4) is 0 Å². The summed E-state index contributed by atoms with van der Waals surface area (Å²) in [6, 6.07) is 162. The summed E-state index contributed by atoms with van der Waals surface area (Å²) in [5, 5.41) is 7.39. The van der Waals surface area contributed by atoms with Crippen LogP contribution in [-0.4, -0.2) is 53.6 Å². The van der Waals surface area contributed by atoms with E-state index >= 15 is 0 Å². The summed E-state index contributed by atoms with van der Waals surface area (Å²) in [7, 11) is 0. The van der Waals surface area contributed by atoms with Crippen molar-refractivity contribution in [3.8, 4) is 164 Å². The molecule has 11 nitrogen and oxygen atoms in total. The Bertz CT molecular complexity index is 9590. The molecule has 11 heteroatoms. The lowest BCUT2D eigenvalue weighted by molar-refractivity contribution is 0.660. The molecule has 6 heterocycles. The smallest absolute Gasteiger partial charge is 0.238 e. The first-order valence-corrected chi connectivity index (χ1v) is 50.7. The van der Waals surface area contributed by atoms with Gasteiger partial charge < -0.3 is 0 Å². The van der Waals surface area contributed by atoms with Crippen LogP contribution < -0.4 is 0 Å². The molecule has 0 atom stereocenters. The second-order valence-electron chi connectivity index (χ2n) is 41.2. The molecule has 147 heavy (non-hydrogen) atoms. The maximum Gasteiger partial charge on any atom is 0.238 e. The molecule has 4 aliphatic carbocycles. The summed E-state index contributed by atoms with van der Waals surface area (Å²) in [4.78, 5) is 42.0. The Morgan fingerprint density at radius 2 is 0.429 bits per heavy atom. The van der Waals surface area contributed by atoms with Crippen molar-refractivity contribution in [1.82, 2.24) is 53.6 Å². The first-order valence-electron chi connectivity index (χ1n) is 50.7. The minimum Gasteiger partial charge on any atom is -0.278 e. The third-order valence-electron chi connectivity index (χ3n) is 31.3. The lowest BCUT2D eigenvalue weighted by atomic mass is 9.80. The number of hydrogen-bond donors (Lipinski definition) is 0. The average molecular weight is 1890 g/mol. The van der Waals surface area contributed by atoms with Crippen molar-refractivity contribution in [2.24, 2.45) is 0 Å². The Kier molecular flexibility index (Phi) is 20.4. The largest absolute Gasteiger partial charge is 0.278 e. The molecule has 0 unspecified atom stereocenters. The van der Waals surface area contributed by atoms with Gasteiger partial charge in [-0.05, 0) is 195 Å². The number of aromatic nitrogens is 11. The van der Waals surface area contributed by atoms with Crippen LogP contribution in [0.5, 0.6) is 0 Å². The number of hydrogen-bond acceptors (Lipinski definition) is 8. The predicted octanol–water partition coefficient (Wildman–Crippen LogP) is 33.7. The minimum absolute atomic E-state index is 0.0996. The maximum absolute atomic E-state index is 5.42. The molecule has 6 aromatic heterocycles. The van der Waals surface area contributed by atoms with Crippen LogP contribution in [0.2, 0.25) is 0 Å². The highest BCUT2D eigenvalue weighted by Crippen LogP contribution is 2.58. The molecule has 0 radical (unpaired) electrons. The van der Waals surface area contributed by atoms with Gasteiger partial charge in [-0.1, -0.05) is 438 Å². The third-order valence-corrected chi connectivity index (χ3v) is 31.3. The fraction of sp³-hybridized carbons (Fsp3) is 0.0882. The molecule has 0 N–H and O–H groups in total. The molecule has 25 aromatic rings. The second-order valence-corrected chi connectivity index (χ2v) is 41.2. The van der Waals surface area contributed by atoms with Crippen molar-refractivity contribution >= 4 is 65.4 Å². The summed E-state index contributed by atoms with van der Waals surface area (Å²) < 4.78 is 6.75.